The molecule has 0 amide bonds. The molecule has 1 atom stereocenters. The second-order valence-electron chi connectivity index (χ2n) is 6.18. The largest absolute Gasteiger partial charge is 0.365 e. The summed E-state index contributed by atoms with van der Waals surface area (Å²) < 4.78 is 13.5. The lowest BCUT2D eigenvalue weighted by atomic mass is 10.1. The van der Waals surface area contributed by atoms with E-state index in [2.05, 4.69) is 20.1 Å². The van der Waals surface area contributed by atoms with Gasteiger partial charge in [-0.2, -0.15) is 4.98 Å². The first-order chi connectivity index (χ1) is 13.3. The van der Waals surface area contributed by atoms with E-state index in [1.54, 1.807) is 18.7 Å². The number of fused-ring (bicyclic) bond motifs is 1. The molecule has 1 aliphatic rings. The van der Waals surface area contributed by atoms with Crippen LogP contribution in [0.25, 0.3) is 23.0 Å². The van der Waals surface area contributed by atoms with E-state index >= 15 is 0 Å². The molecule has 8 heteroatoms. The van der Waals surface area contributed by atoms with Gasteiger partial charge in [0, 0.05) is 28.5 Å². The Balaban J connectivity index is 1.44. The summed E-state index contributed by atoms with van der Waals surface area (Å²) in [5.41, 5.74) is 3.29. The Bertz CT molecular complexity index is 1090. The maximum absolute atomic E-state index is 6.30. The minimum absolute atomic E-state index is 0.123. The molecule has 7 nitrogen and oxygen atoms in total. The number of imidazole rings is 1. The molecule has 4 aromatic rings. The van der Waals surface area contributed by atoms with E-state index < -0.39 is 0 Å². The van der Waals surface area contributed by atoms with Crippen LogP contribution in [0.15, 0.2) is 59.6 Å². The zero-order valence-corrected chi connectivity index (χ0v) is 14.9. The third kappa shape index (κ3) is 2.90. The van der Waals surface area contributed by atoms with Crippen molar-refractivity contribution in [3.8, 4) is 23.0 Å². The second kappa shape index (κ2) is 6.61. The highest BCUT2D eigenvalue weighted by Crippen LogP contribution is 2.34. The lowest BCUT2D eigenvalue weighted by Crippen LogP contribution is -2.20. The quantitative estimate of drug-likeness (QED) is 0.536. The molecular formula is C19H14ClN5O2. The lowest BCUT2D eigenvalue weighted by Gasteiger charge is -2.26. The Labute approximate surface area is 159 Å². The third-order valence-electron chi connectivity index (χ3n) is 4.53. The van der Waals surface area contributed by atoms with Crippen LogP contribution < -0.4 is 0 Å². The van der Waals surface area contributed by atoms with Crippen LogP contribution in [0.1, 0.15) is 17.4 Å². The normalized spacial score (nSPS) is 16.3. The number of benzene rings is 1. The Kier molecular flexibility index (Phi) is 3.95. The van der Waals surface area contributed by atoms with E-state index in [0.717, 1.165) is 16.8 Å². The van der Waals surface area contributed by atoms with Gasteiger partial charge in [0.2, 0.25) is 5.82 Å². The molecule has 0 N–H and O–H groups in total. The highest BCUT2D eigenvalue weighted by Gasteiger charge is 2.27. The summed E-state index contributed by atoms with van der Waals surface area (Å²) in [7, 11) is 0. The van der Waals surface area contributed by atoms with Gasteiger partial charge in [-0.25, -0.2) is 4.98 Å². The zero-order chi connectivity index (χ0) is 18.2. The average molecular weight is 380 g/mol. The fourth-order valence-electron chi connectivity index (χ4n) is 3.16. The molecule has 0 saturated carbocycles. The summed E-state index contributed by atoms with van der Waals surface area (Å²) in [6.45, 7) is 1.01. The molecular weight excluding hydrogens is 366 g/mol. The van der Waals surface area contributed by atoms with Crippen LogP contribution in [-0.2, 0) is 17.9 Å². The summed E-state index contributed by atoms with van der Waals surface area (Å²) in [6, 6.07) is 11.4. The van der Waals surface area contributed by atoms with Crippen molar-refractivity contribution < 1.29 is 9.26 Å². The van der Waals surface area contributed by atoms with Crippen LogP contribution in [0.4, 0.5) is 0 Å². The van der Waals surface area contributed by atoms with Gasteiger partial charge in [0.05, 0.1) is 25.2 Å². The molecule has 0 spiro atoms. The van der Waals surface area contributed by atoms with Crippen molar-refractivity contribution in [3.63, 3.8) is 0 Å². The molecule has 5 rings (SSSR count). The maximum atomic E-state index is 6.30. The lowest BCUT2D eigenvalue weighted by molar-refractivity contribution is 0.00336. The van der Waals surface area contributed by atoms with Gasteiger partial charge < -0.3 is 13.8 Å². The number of rotatable bonds is 3. The molecule has 0 saturated heterocycles. The summed E-state index contributed by atoms with van der Waals surface area (Å²) in [5, 5.41) is 4.73. The minimum atomic E-state index is -0.123. The van der Waals surface area contributed by atoms with E-state index in [1.807, 2.05) is 41.0 Å². The topological polar surface area (TPSA) is 78.9 Å². The first-order valence-electron chi connectivity index (χ1n) is 8.44. The van der Waals surface area contributed by atoms with Gasteiger partial charge in [-0.05, 0) is 18.2 Å². The summed E-state index contributed by atoms with van der Waals surface area (Å²) in [5.74, 6) is 0.841. The third-order valence-corrected chi connectivity index (χ3v) is 4.87. The number of aromatic nitrogens is 5. The van der Waals surface area contributed by atoms with Gasteiger partial charge in [0.15, 0.2) is 5.69 Å². The van der Waals surface area contributed by atoms with Crippen LogP contribution in [0.5, 0.6) is 0 Å². The maximum Gasteiger partial charge on any atom is 0.278 e. The summed E-state index contributed by atoms with van der Waals surface area (Å²) >= 11 is 6.30. The highest BCUT2D eigenvalue weighted by atomic mass is 35.5. The van der Waals surface area contributed by atoms with Crippen molar-refractivity contribution in [2.45, 2.75) is 19.3 Å². The van der Waals surface area contributed by atoms with Crippen molar-refractivity contribution in [2.24, 2.45) is 0 Å². The standard InChI is InChI=1S/C19H14ClN5O2/c20-14-6-2-1-5-13(14)16-9-25-11-22-17(15(25)10-26-16)19-23-18(24-27-19)12-4-3-7-21-8-12/h1-8,11,16H,9-10H2/t16-/m1/s1. The highest BCUT2D eigenvalue weighted by molar-refractivity contribution is 6.31. The number of nitrogens with zero attached hydrogens (tertiary/aromatic N) is 5. The first-order valence-corrected chi connectivity index (χ1v) is 8.82. The Hall–Kier alpha value is -3.03. The Morgan fingerprint density at radius 1 is 1.15 bits per heavy atom. The van der Waals surface area contributed by atoms with Gasteiger partial charge in [0.25, 0.3) is 5.89 Å². The van der Waals surface area contributed by atoms with Gasteiger partial charge >= 0.3 is 0 Å². The predicted octanol–water partition coefficient (Wildman–Crippen LogP) is 3.92. The van der Waals surface area contributed by atoms with Crippen molar-refractivity contribution in [2.75, 3.05) is 0 Å². The van der Waals surface area contributed by atoms with Crippen LogP contribution in [0, 0.1) is 0 Å². The Morgan fingerprint density at radius 2 is 2.07 bits per heavy atom. The number of hydrogen-bond donors (Lipinski definition) is 0. The van der Waals surface area contributed by atoms with Gasteiger partial charge in [-0.3, -0.25) is 4.98 Å². The van der Waals surface area contributed by atoms with Crippen molar-refractivity contribution in [1.29, 1.82) is 0 Å². The van der Waals surface area contributed by atoms with E-state index in [1.165, 1.54) is 0 Å². The van der Waals surface area contributed by atoms with E-state index in [-0.39, 0.29) is 6.10 Å². The molecule has 3 aromatic heterocycles. The number of halogens is 1. The van der Waals surface area contributed by atoms with Gasteiger partial charge in [-0.1, -0.05) is 35.0 Å². The second-order valence-corrected chi connectivity index (χ2v) is 6.59. The summed E-state index contributed by atoms with van der Waals surface area (Å²) in [4.78, 5) is 13.0. The molecule has 27 heavy (non-hydrogen) atoms. The van der Waals surface area contributed by atoms with E-state index in [0.29, 0.717) is 35.6 Å². The molecule has 0 unspecified atom stereocenters. The van der Waals surface area contributed by atoms with Crippen molar-refractivity contribution in [3.05, 3.63) is 71.4 Å². The first kappa shape index (κ1) is 16.2. The Morgan fingerprint density at radius 3 is 2.93 bits per heavy atom. The van der Waals surface area contributed by atoms with Crippen LogP contribution in [0.3, 0.4) is 0 Å². The smallest absolute Gasteiger partial charge is 0.278 e. The van der Waals surface area contributed by atoms with Crippen LogP contribution >= 0.6 is 11.6 Å². The molecule has 0 bridgehead atoms. The average Bonchev–Trinajstić information content (AvgIpc) is 3.35. The predicted molar refractivity (Wildman–Crippen MR) is 97.7 cm³/mol. The molecule has 1 aliphatic heterocycles. The summed E-state index contributed by atoms with van der Waals surface area (Å²) in [6.07, 6.45) is 5.03. The molecule has 1 aromatic carbocycles. The number of ether oxygens (including phenoxy) is 1. The van der Waals surface area contributed by atoms with Crippen LogP contribution in [-0.4, -0.2) is 24.7 Å². The molecule has 0 aliphatic carbocycles. The molecule has 4 heterocycles. The number of hydrogen-bond acceptors (Lipinski definition) is 6. The van der Waals surface area contributed by atoms with E-state index in [9.17, 15) is 0 Å². The van der Waals surface area contributed by atoms with Crippen molar-refractivity contribution in [1.82, 2.24) is 24.7 Å². The SMILES string of the molecule is Clc1ccccc1[C@H]1Cn2cnc(-c3nc(-c4cccnc4)no3)c2CO1. The monoisotopic (exact) mass is 379 g/mol. The zero-order valence-electron chi connectivity index (χ0n) is 14.1. The fraction of sp³-hybridized carbons (Fsp3) is 0.158. The molecule has 134 valence electrons. The van der Waals surface area contributed by atoms with Gasteiger partial charge in [0.1, 0.15) is 6.10 Å². The molecule has 0 fully saturated rings. The molecule has 0 radical (unpaired) electrons. The van der Waals surface area contributed by atoms with Crippen LogP contribution in [0.2, 0.25) is 5.02 Å². The number of pyridine rings is 1. The van der Waals surface area contributed by atoms with Crippen molar-refractivity contribution >= 4 is 11.6 Å². The minimum Gasteiger partial charge on any atom is -0.365 e. The van der Waals surface area contributed by atoms with Gasteiger partial charge in [-0.15, -0.1) is 0 Å². The van der Waals surface area contributed by atoms with E-state index in [4.69, 9.17) is 20.9 Å². The fourth-order valence-corrected chi connectivity index (χ4v) is 3.42.